The summed E-state index contributed by atoms with van der Waals surface area (Å²) in [4.78, 5) is 0. The number of rotatable bonds is 4. The maximum atomic E-state index is 14.3. The van der Waals surface area contributed by atoms with Crippen molar-refractivity contribution in [3.8, 4) is 11.6 Å². The second-order valence-electron chi connectivity index (χ2n) is 5.73. The molecule has 0 saturated carbocycles. The van der Waals surface area contributed by atoms with Gasteiger partial charge in [0.25, 0.3) is 5.89 Å². The zero-order chi connectivity index (χ0) is 17.4. The van der Waals surface area contributed by atoms with E-state index in [4.69, 9.17) is 16.0 Å². The van der Waals surface area contributed by atoms with Crippen molar-refractivity contribution in [2.75, 3.05) is 0 Å². The summed E-state index contributed by atoms with van der Waals surface area (Å²) < 4.78 is 22.0. The monoisotopic (exact) mass is 355 g/mol. The van der Waals surface area contributed by atoms with E-state index in [-0.39, 0.29) is 12.4 Å². The highest BCUT2D eigenvalue weighted by Crippen LogP contribution is 2.30. The van der Waals surface area contributed by atoms with Gasteiger partial charge in [-0.05, 0) is 24.3 Å². The summed E-state index contributed by atoms with van der Waals surface area (Å²) in [5, 5.41) is 9.58. The maximum Gasteiger partial charge on any atom is 0.264 e. The van der Waals surface area contributed by atoms with Crippen LogP contribution in [0.15, 0.2) is 52.9 Å². The van der Waals surface area contributed by atoms with Crippen molar-refractivity contribution < 1.29 is 8.81 Å². The van der Waals surface area contributed by atoms with Crippen molar-refractivity contribution in [1.29, 1.82) is 0 Å². The van der Waals surface area contributed by atoms with Crippen molar-refractivity contribution in [2.24, 2.45) is 0 Å². The third-order valence-electron chi connectivity index (χ3n) is 4.18. The molecule has 0 amide bonds. The number of hydrogen-bond donors (Lipinski definition) is 0. The van der Waals surface area contributed by atoms with Gasteiger partial charge in [0.2, 0.25) is 5.89 Å². The van der Waals surface area contributed by atoms with Gasteiger partial charge in [0.15, 0.2) is 0 Å². The molecular formula is C19H15ClFN3O. The van der Waals surface area contributed by atoms with E-state index < -0.39 is 0 Å². The standard InChI is InChI=1S/C19H15ClFN3O/c1-2-18-22-23-19(25-18)17-10-12-6-3-4-9-16(12)24(17)11-13-14(20)7-5-8-15(13)21/h3-10H,2,11H2,1H3. The predicted octanol–water partition coefficient (Wildman–Crippen LogP) is 5.09. The smallest absolute Gasteiger partial charge is 0.264 e. The van der Waals surface area contributed by atoms with Gasteiger partial charge in [0.05, 0.1) is 6.54 Å². The van der Waals surface area contributed by atoms with Gasteiger partial charge in [-0.3, -0.25) is 0 Å². The molecule has 0 unspecified atom stereocenters. The van der Waals surface area contributed by atoms with Gasteiger partial charge >= 0.3 is 0 Å². The minimum atomic E-state index is -0.337. The summed E-state index contributed by atoms with van der Waals surface area (Å²) >= 11 is 6.22. The highest BCUT2D eigenvalue weighted by atomic mass is 35.5. The van der Waals surface area contributed by atoms with E-state index in [0.29, 0.717) is 28.8 Å². The van der Waals surface area contributed by atoms with Crippen LogP contribution in [0.2, 0.25) is 5.02 Å². The first kappa shape index (κ1) is 15.8. The third-order valence-corrected chi connectivity index (χ3v) is 4.53. The van der Waals surface area contributed by atoms with E-state index in [1.54, 1.807) is 12.1 Å². The lowest BCUT2D eigenvalue weighted by Gasteiger charge is -2.11. The highest BCUT2D eigenvalue weighted by molar-refractivity contribution is 6.31. The number of aromatic nitrogens is 3. The molecule has 0 saturated heterocycles. The van der Waals surface area contributed by atoms with Crippen LogP contribution < -0.4 is 0 Å². The van der Waals surface area contributed by atoms with Crippen LogP contribution in [0.5, 0.6) is 0 Å². The molecule has 0 aliphatic heterocycles. The van der Waals surface area contributed by atoms with Crippen molar-refractivity contribution >= 4 is 22.5 Å². The van der Waals surface area contributed by atoms with E-state index in [2.05, 4.69) is 10.2 Å². The fourth-order valence-corrected chi connectivity index (χ4v) is 3.12. The molecular weight excluding hydrogens is 341 g/mol. The summed E-state index contributed by atoms with van der Waals surface area (Å²) in [6, 6.07) is 14.5. The van der Waals surface area contributed by atoms with Gasteiger partial charge < -0.3 is 8.98 Å². The quantitative estimate of drug-likeness (QED) is 0.512. The van der Waals surface area contributed by atoms with Gasteiger partial charge in [-0.1, -0.05) is 42.8 Å². The Morgan fingerprint density at radius 2 is 1.96 bits per heavy atom. The summed E-state index contributed by atoms with van der Waals surface area (Å²) in [5.74, 6) is 0.646. The number of fused-ring (bicyclic) bond motifs is 1. The molecule has 0 radical (unpaired) electrons. The van der Waals surface area contributed by atoms with Gasteiger partial charge in [-0.25, -0.2) is 4.39 Å². The van der Waals surface area contributed by atoms with E-state index in [0.717, 1.165) is 16.6 Å². The number of hydrogen-bond acceptors (Lipinski definition) is 3. The molecule has 25 heavy (non-hydrogen) atoms. The van der Waals surface area contributed by atoms with Crippen LogP contribution in [0.1, 0.15) is 18.4 Å². The fourth-order valence-electron chi connectivity index (χ4n) is 2.90. The van der Waals surface area contributed by atoms with Crippen molar-refractivity contribution in [1.82, 2.24) is 14.8 Å². The Morgan fingerprint density at radius 3 is 2.72 bits per heavy atom. The minimum Gasteiger partial charge on any atom is -0.419 e. The van der Waals surface area contributed by atoms with E-state index >= 15 is 0 Å². The second kappa shape index (κ2) is 6.33. The van der Waals surface area contributed by atoms with E-state index in [9.17, 15) is 4.39 Å². The molecule has 2 aromatic heterocycles. The lowest BCUT2D eigenvalue weighted by atomic mass is 10.2. The van der Waals surface area contributed by atoms with Crippen molar-refractivity contribution in [2.45, 2.75) is 19.9 Å². The molecule has 4 rings (SSSR count). The minimum absolute atomic E-state index is 0.276. The van der Waals surface area contributed by atoms with E-state index in [1.807, 2.05) is 41.8 Å². The molecule has 2 heterocycles. The number of benzene rings is 2. The fraction of sp³-hybridized carbons (Fsp3) is 0.158. The zero-order valence-electron chi connectivity index (χ0n) is 13.5. The van der Waals surface area contributed by atoms with Crippen LogP contribution in [0.4, 0.5) is 4.39 Å². The van der Waals surface area contributed by atoms with Gasteiger partial charge in [-0.2, -0.15) is 0 Å². The molecule has 2 aromatic carbocycles. The molecule has 126 valence electrons. The first-order chi connectivity index (χ1) is 12.2. The second-order valence-corrected chi connectivity index (χ2v) is 6.14. The molecule has 0 N–H and O–H groups in total. The van der Waals surface area contributed by atoms with Crippen LogP contribution in [0.25, 0.3) is 22.5 Å². The van der Waals surface area contributed by atoms with Crippen LogP contribution in [0.3, 0.4) is 0 Å². The molecule has 0 fully saturated rings. The van der Waals surface area contributed by atoms with Gasteiger partial charge in [-0.15, -0.1) is 10.2 Å². The summed E-state index contributed by atoms with van der Waals surface area (Å²) in [6.45, 7) is 2.23. The molecule has 0 atom stereocenters. The Balaban J connectivity index is 1.90. The predicted molar refractivity (Wildman–Crippen MR) is 95.1 cm³/mol. The lowest BCUT2D eigenvalue weighted by Crippen LogP contribution is -2.04. The molecule has 0 aliphatic carbocycles. The Hall–Kier alpha value is -2.66. The number of nitrogens with zero attached hydrogens (tertiary/aromatic N) is 3. The molecule has 4 nitrogen and oxygen atoms in total. The molecule has 0 aliphatic rings. The number of halogens is 2. The average molecular weight is 356 g/mol. The Kier molecular flexibility index (Phi) is 4.01. The molecule has 0 bridgehead atoms. The first-order valence-corrected chi connectivity index (χ1v) is 8.39. The van der Waals surface area contributed by atoms with E-state index in [1.165, 1.54) is 6.07 Å². The normalized spacial score (nSPS) is 11.3. The first-order valence-electron chi connectivity index (χ1n) is 8.01. The lowest BCUT2D eigenvalue weighted by molar-refractivity contribution is 0.508. The number of aryl methyl sites for hydroxylation is 1. The van der Waals surface area contributed by atoms with Crippen LogP contribution in [-0.4, -0.2) is 14.8 Å². The summed E-state index contributed by atoms with van der Waals surface area (Å²) in [7, 11) is 0. The van der Waals surface area contributed by atoms with Crippen molar-refractivity contribution in [3.63, 3.8) is 0 Å². The highest BCUT2D eigenvalue weighted by Gasteiger charge is 2.18. The van der Waals surface area contributed by atoms with Crippen molar-refractivity contribution in [3.05, 3.63) is 70.8 Å². The Labute approximate surface area is 148 Å². The van der Waals surface area contributed by atoms with Gasteiger partial charge in [0.1, 0.15) is 11.5 Å². The Morgan fingerprint density at radius 1 is 1.12 bits per heavy atom. The third kappa shape index (κ3) is 2.81. The number of para-hydroxylation sites is 1. The molecule has 0 spiro atoms. The summed E-state index contributed by atoms with van der Waals surface area (Å²) in [5.41, 5.74) is 2.13. The van der Waals surface area contributed by atoms with Crippen LogP contribution >= 0.6 is 11.6 Å². The largest absolute Gasteiger partial charge is 0.419 e. The van der Waals surface area contributed by atoms with Crippen LogP contribution in [-0.2, 0) is 13.0 Å². The topological polar surface area (TPSA) is 43.9 Å². The Bertz CT molecular complexity index is 1030. The zero-order valence-corrected chi connectivity index (χ0v) is 14.3. The summed E-state index contributed by atoms with van der Waals surface area (Å²) in [6.07, 6.45) is 0.659. The maximum absolute atomic E-state index is 14.3. The van der Waals surface area contributed by atoms with Gasteiger partial charge in [0, 0.05) is 27.9 Å². The molecule has 6 heteroatoms. The SMILES string of the molecule is CCc1nnc(-c2cc3ccccc3n2Cc2c(F)cccc2Cl)o1. The average Bonchev–Trinajstić information content (AvgIpc) is 3.23. The molecule has 4 aromatic rings. The van der Waals surface area contributed by atoms with Crippen LogP contribution in [0, 0.1) is 5.82 Å².